The quantitative estimate of drug-likeness (QED) is 0.0526. The fourth-order valence-corrected chi connectivity index (χ4v) is 5.42. The van der Waals surface area contributed by atoms with Gasteiger partial charge in [-0.2, -0.15) is 23.1 Å². The Kier molecular flexibility index (Phi) is 31.4. The monoisotopic (exact) mass is 728 g/mol. The molecule has 0 aliphatic carbocycles. The number of nitrogens with two attached hydrogens (primary N) is 1. The molecule has 0 aliphatic rings. The van der Waals surface area contributed by atoms with E-state index in [1.54, 1.807) is 4.90 Å². The van der Waals surface area contributed by atoms with Crippen molar-refractivity contribution in [2.75, 3.05) is 25.0 Å². The molecule has 2 atom stereocenters. The number of nitrogens with one attached hydrogen (secondary N) is 2. The highest BCUT2D eigenvalue weighted by Gasteiger charge is 2.35. The zero-order valence-electron chi connectivity index (χ0n) is 34.2. The Balaban J connectivity index is 0. The van der Waals surface area contributed by atoms with Gasteiger partial charge in [0.25, 0.3) is 5.95 Å². The van der Waals surface area contributed by atoms with Crippen LogP contribution in [0.3, 0.4) is 0 Å². The highest BCUT2D eigenvalue weighted by molar-refractivity contribution is 5.98. The molecular formula is C40H76F3N7O. The Morgan fingerprint density at radius 1 is 0.882 bits per heavy atom. The summed E-state index contributed by atoms with van der Waals surface area (Å²) in [6, 6.07) is 0.326. The molecule has 0 aliphatic heterocycles. The van der Waals surface area contributed by atoms with Gasteiger partial charge in [-0.15, -0.1) is 0 Å². The molecule has 1 aromatic heterocycles. The molecule has 0 aromatic carbocycles. The van der Waals surface area contributed by atoms with Crippen molar-refractivity contribution >= 4 is 23.5 Å². The Bertz CT molecular complexity index is 1060. The molecule has 1 rings (SSSR count). The van der Waals surface area contributed by atoms with Crippen molar-refractivity contribution in [1.29, 1.82) is 0 Å². The van der Waals surface area contributed by atoms with E-state index in [4.69, 9.17) is 5.73 Å². The van der Waals surface area contributed by atoms with Crippen LogP contribution in [0.2, 0.25) is 0 Å². The summed E-state index contributed by atoms with van der Waals surface area (Å²) in [5.74, 6) is 0.707. The molecule has 8 nitrogen and oxygen atoms in total. The lowest BCUT2D eigenvalue weighted by atomic mass is 10.00. The number of carbonyl (C=O) groups is 1. The summed E-state index contributed by atoms with van der Waals surface area (Å²) in [5, 5.41) is 6.22. The minimum absolute atomic E-state index is 0.0782. The van der Waals surface area contributed by atoms with Gasteiger partial charge in [0.05, 0.1) is 0 Å². The summed E-state index contributed by atoms with van der Waals surface area (Å²) in [6.45, 7) is 22.4. The van der Waals surface area contributed by atoms with Crippen LogP contribution in [0.25, 0.3) is 0 Å². The summed E-state index contributed by atoms with van der Waals surface area (Å²) in [5.41, 5.74) is 5.99. The van der Waals surface area contributed by atoms with Gasteiger partial charge < -0.3 is 21.3 Å². The van der Waals surface area contributed by atoms with E-state index in [0.29, 0.717) is 38.4 Å². The van der Waals surface area contributed by atoms with Gasteiger partial charge in [-0.25, -0.2) is 4.98 Å². The van der Waals surface area contributed by atoms with Gasteiger partial charge in [0, 0.05) is 50.1 Å². The van der Waals surface area contributed by atoms with Crippen LogP contribution in [0.4, 0.5) is 24.9 Å². The normalized spacial score (nSPS) is 13.0. The number of aromatic nitrogens is 2. The van der Waals surface area contributed by atoms with Crippen LogP contribution >= 0.6 is 0 Å². The lowest BCUT2D eigenvalue weighted by Crippen LogP contribution is -2.33. The number of unbranched alkanes of at least 4 members (excludes halogenated alkanes) is 3. The summed E-state index contributed by atoms with van der Waals surface area (Å²) >= 11 is 0. The summed E-state index contributed by atoms with van der Waals surface area (Å²) < 4.78 is 41.0. The Morgan fingerprint density at radius 3 is 2.06 bits per heavy atom. The second-order valence-electron chi connectivity index (χ2n) is 13.0. The number of halogens is 3. The maximum atomic E-state index is 13.7. The third-order valence-corrected chi connectivity index (χ3v) is 8.37. The highest BCUT2D eigenvalue weighted by atomic mass is 19.4. The molecule has 298 valence electrons. The largest absolute Gasteiger partial charge is 0.421 e. The molecule has 0 saturated carbocycles. The van der Waals surface area contributed by atoms with E-state index in [1.165, 1.54) is 32.1 Å². The van der Waals surface area contributed by atoms with Gasteiger partial charge in [0.1, 0.15) is 17.2 Å². The second-order valence-corrected chi connectivity index (χ2v) is 13.0. The number of alkyl halides is 3. The number of hydrogen-bond acceptors (Lipinski definition) is 6. The lowest BCUT2D eigenvalue weighted by Gasteiger charge is -2.22. The third-order valence-electron chi connectivity index (χ3n) is 8.37. The molecule has 1 heterocycles. The standard InChI is InChI=1S/C29H50F3N7O.C9H20.C2H6/c1-6-11-15-23(14-8-3)35-20-22(10-5)26(33)37-28-36-21-24(29(30,31)32)27(38-28)34-17-13-19-39(18-9-4)25(40)16-12-7-2;1-4-6-8-9(3)7-5-2;1-2/h20-21,23,35H,6-19H2,1-5H3,(H3,33,34,36,37,38);9H,4-8H2,1-3H3;1-2H3/b22-20-;;. The fraction of sp³-hybridized carbons (Fsp3) is 0.800. The minimum Gasteiger partial charge on any atom is -0.388 e. The minimum atomic E-state index is -4.63. The molecule has 51 heavy (non-hydrogen) atoms. The number of amides is 1. The molecule has 1 amide bonds. The van der Waals surface area contributed by atoms with Crippen molar-refractivity contribution < 1.29 is 18.0 Å². The predicted molar refractivity (Wildman–Crippen MR) is 212 cm³/mol. The van der Waals surface area contributed by atoms with Crippen molar-refractivity contribution in [2.24, 2.45) is 16.6 Å². The Morgan fingerprint density at radius 2 is 1.51 bits per heavy atom. The van der Waals surface area contributed by atoms with Crippen LogP contribution in [0.1, 0.15) is 178 Å². The molecular weight excluding hydrogens is 651 g/mol. The van der Waals surface area contributed by atoms with Crippen molar-refractivity contribution in [2.45, 2.75) is 184 Å². The Hall–Kier alpha value is -2.85. The number of hydrogen-bond donors (Lipinski definition) is 3. The number of nitrogens with zero attached hydrogens (tertiary/aromatic N) is 4. The van der Waals surface area contributed by atoms with E-state index >= 15 is 0 Å². The zero-order valence-corrected chi connectivity index (χ0v) is 34.2. The van der Waals surface area contributed by atoms with Crippen LogP contribution in [-0.4, -0.2) is 52.3 Å². The number of aliphatic imine (C=N–C) groups is 1. The first-order valence-electron chi connectivity index (χ1n) is 20.2. The SMILES string of the molecule is CC.CCCCC(=O)N(CCC)CCCNc1nc(/N=C(N)/C(=C\NC(CCC)CCCC)CC)ncc1C(F)(F)F.CCCCC(C)CCC. The fourth-order valence-electron chi connectivity index (χ4n) is 5.42. The van der Waals surface area contributed by atoms with E-state index < -0.39 is 11.7 Å². The van der Waals surface area contributed by atoms with Crippen LogP contribution in [0, 0.1) is 5.92 Å². The van der Waals surface area contributed by atoms with Crippen LogP contribution in [-0.2, 0) is 11.0 Å². The maximum Gasteiger partial charge on any atom is 0.421 e. The van der Waals surface area contributed by atoms with Gasteiger partial charge >= 0.3 is 6.18 Å². The second kappa shape index (κ2) is 31.9. The van der Waals surface area contributed by atoms with E-state index in [0.717, 1.165) is 69.1 Å². The van der Waals surface area contributed by atoms with E-state index in [2.05, 4.69) is 60.2 Å². The van der Waals surface area contributed by atoms with Crippen molar-refractivity contribution in [3.63, 3.8) is 0 Å². The van der Waals surface area contributed by atoms with Gasteiger partial charge in [-0.3, -0.25) is 4.79 Å². The average Bonchev–Trinajstić information content (AvgIpc) is 3.11. The average molecular weight is 728 g/mol. The number of amidine groups is 1. The summed E-state index contributed by atoms with van der Waals surface area (Å²) in [6.07, 6.45) is 14.4. The lowest BCUT2D eigenvalue weighted by molar-refractivity contribution is -0.137. The van der Waals surface area contributed by atoms with Gasteiger partial charge in [-0.1, -0.05) is 127 Å². The van der Waals surface area contributed by atoms with Crippen LogP contribution in [0.5, 0.6) is 0 Å². The molecule has 0 fully saturated rings. The molecule has 0 bridgehead atoms. The maximum absolute atomic E-state index is 13.7. The van der Waals surface area contributed by atoms with E-state index in [-0.39, 0.29) is 30.1 Å². The van der Waals surface area contributed by atoms with E-state index in [1.807, 2.05) is 40.8 Å². The van der Waals surface area contributed by atoms with E-state index in [9.17, 15) is 18.0 Å². The molecule has 0 spiro atoms. The number of rotatable bonds is 25. The van der Waals surface area contributed by atoms with Crippen molar-refractivity contribution in [3.05, 3.63) is 23.5 Å². The van der Waals surface area contributed by atoms with Crippen LogP contribution in [0.15, 0.2) is 23.0 Å². The van der Waals surface area contributed by atoms with Gasteiger partial charge in [0.2, 0.25) is 5.91 Å². The first kappa shape index (κ1) is 50.3. The number of anilines is 1. The Labute approximate surface area is 310 Å². The molecule has 0 radical (unpaired) electrons. The first-order chi connectivity index (χ1) is 24.4. The molecule has 2 unspecified atom stereocenters. The number of carbonyl (C=O) groups excluding carboxylic acids is 1. The zero-order chi connectivity index (χ0) is 39.1. The third kappa shape index (κ3) is 24.1. The summed E-state index contributed by atoms with van der Waals surface area (Å²) in [4.78, 5) is 26.3. The molecule has 1 aromatic rings. The van der Waals surface area contributed by atoms with Gasteiger partial charge in [-0.05, 0) is 44.4 Å². The first-order valence-corrected chi connectivity index (χ1v) is 20.2. The van der Waals surface area contributed by atoms with Crippen molar-refractivity contribution in [1.82, 2.24) is 20.2 Å². The van der Waals surface area contributed by atoms with Crippen LogP contribution < -0.4 is 16.4 Å². The van der Waals surface area contributed by atoms with Gasteiger partial charge in [0.15, 0.2) is 0 Å². The predicted octanol–water partition coefficient (Wildman–Crippen LogP) is 11.6. The highest BCUT2D eigenvalue weighted by Crippen LogP contribution is 2.34. The molecule has 11 heteroatoms. The molecule has 4 N–H and O–H groups in total. The smallest absolute Gasteiger partial charge is 0.388 e. The molecule has 0 saturated heterocycles. The van der Waals surface area contributed by atoms with Crippen molar-refractivity contribution in [3.8, 4) is 0 Å². The topological polar surface area (TPSA) is 109 Å². The summed E-state index contributed by atoms with van der Waals surface area (Å²) in [7, 11) is 0.